The van der Waals surface area contributed by atoms with Crippen LogP contribution in [0.5, 0.6) is 0 Å². The van der Waals surface area contributed by atoms with Crippen molar-refractivity contribution < 1.29 is 9.59 Å². The highest BCUT2D eigenvalue weighted by Crippen LogP contribution is 2.30. The number of carbonyl (C=O) groups excluding carboxylic acids is 2. The quantitative estimate of drug-likeness (QED) is 0.248. The van der Waals surface area contributed by atoms with Crippen molar-refractivity contribution in [3.8, 4) is 0 Å². The average Bonchev–Trinajstić information content (AvgIpc) is 2.95. The number of benzene rings is 4. The second-order valence-corrected chi connectivity index (χ2v) is 9.96. The molecular formula is C32H31BrN2O2. The number of nitrogens with one attached hydrogen (secondary N) is 1. The molecule has 0 aliphatic rings. The highest BCUT2D eigenvalue weighted by atomic mass is 79.9. The van der Waals surface area contributed by atoms with Crippen molar-refractivity contribution in [1.82, 2.24) is 10.2 Å². The average molecular weight is 556 g/mol. The SMILES string of the molecule is CNC(=O)[C@@H](Cc1ccccc1)N(Cc1ccc(Br)cc1)C(=O)CC(c1ccccc1)c1ccccc1. The Bertz CT molecular complexity index is 1240. The van der Waals surface area contributed by atoms with Crippen molar-refractivity contribution in [3.63, 3.8) is 0 Å². The first-order valence-corrected chi connectivity index (χ1v) is 13.2. The van der Waals surface area contributed by atoms with Gasteiger partial charge in [-0.2, -0.15) is 0 Å². The van der Waals surface area contributed by atoms with Crippen molar-refractivity contribution >= 4 is 27.7 Å². The van der Waals surface area contributed by atoms with Gasteiger partial charge in [0.1, 0.15) is 6.04 Å². The number of likely N-dealkylation sites (N-methyl/N-ethyl adjacent to an activating group) is 1. The van der Waals surface area contributed by atoms with Gasteiger partial charge in [0.15, 0.2) is 0 Å². The first kappa shape index (κ1) is 26.4. The lowest BCUT2D eigenvalue weighted by molar-refractivity contribution is -0.141. The molecule has 1 atom stereocenters. The summed E-state index contributed by atoms with van der Waals surface area (Å²) in [5.41, 5.74) is 4.12. The number of halogens is 1. The molecule has 0 unspecified atom stereocenters. The molecule has 4 nitrogen and oxygen atoms in total. The number of rotatable bonds is 10. The van der Waals surface area contributed by atoms with E-state index in [1.54, 1.807) is 11.9 Å². The van der Waals surface area contributed by atoms with Crippen LogP contribution in [0.3, 0.4) is 0 Å². The summed E-state index contributed by atoms with van der Waals surface area (Å²) in [5.74, 6) is -0.361. The number of hydrogen-bond acceptors (Lipinski definition) is 2. The molecule has 0 radical (unpaired) electrons. The molecule has 0 fully saturated rings. The predicted octanol–water partition coefficient (Wildman–Crippen LogP) is 6.36. The second kappa shape index (κ2) is 13.0. The van der Waals surface area contributed by atoms with Crippen LogP contribution in [0.25, 0.3) is 0 Å². The van der Waals surface area contributed by atoms with Crippen LogP contribution in [-0.4, -0.2) is 29.8 Å². The molecule has 0 heterocycles. The van der Waals surface area contributed by atoms with Gasteiger partial charge in [-0.15, -0.1) is 0 Å². The summed E-state index contributed by atoms with van der Waals surface area (Å²) in [6.45, 7) is 0.341. The molecule has 2 amide bonds. The van der Waals surface area contributed by atoms with Gasteiger partial charge in [0.05, 0.1) is 0 Å². The van der Waals surface area contributed by atoms with Crippen molar-refractivity contribution in [2.24, 2.45) is 0 Å². The number of carbonyl (C=O) groups is 2. The van der Waals surface area contributed by atoms with Crippen molar-refractivity contribution in [2.45, 2.75) is 31.3 Å². The Morgan fingerprint density at radius 3 is 1.76 bits per heavy atom. The van der Waals surface area contributed by atoms with Gasteiger partial charge in [-0.3, -0.25) is 9.59 Å². The molecule has 37 heavy (non-hydrogen) atoms. The van der Waals surface area contributed by atoms with E-state index in [-0.39, 0.29) is 24.2 Å². The van der Waals surface area contributed by atoms with E-state index in [9.17, 15) is 9.59 Å². The monoisotopic (exact) mass is 554 g/mol. The lowest BCUT2D eigenvalue weighted by atomic mass is 9.87. The van der Waals surface area contributed by atoms with E-state index in [0.717, 1.165) is 26.7 Å². The Labute approximate surface area is 227 Å². The zero-order valence-corrected chi connectivity index (χ0v) is 22.5. The summed E-state index contributed by atoms with van der Waals surface area (Å²) in [6, 6.07) is 37.3. The Balaban J connectivity index is 1.71. The van der Waals surface area contributed by atoms with Crippen LogP contribution in [0.15, 0.2) is 120 Å². The highest BCUT2D eigenvalue weighted by Gasteiger charge is 2.31. The van der Waals surface area contributed by atoms with E-state index in [2.05, 4.69) is 45.5 Å². The van der Waals surface area contributed by atoms with Crippen LogP contribution in [0.2, 0.25) is 0 Å². The molecule has 1 N–H and O–H groups in total. The minimum atomic E-state index is -0.643. The molecule has 0 aromatic heterocycles. The third kappa shape index (κ3) is 7.17. The van der Waals surface area contributed by atoms with Gasteiger partial charge in [-0.05, 0) is 34.4 Å². The summed E-state index contributed by atoms with van der Waals surface area (Å²) >= 11 is 3.49. The molecule has 188 valence electrons. The molecule has 4 rings (SSSR count). The molecule has 0 spiro atoms. The largest absolute Gasteiger partial charge is 0.357 e. The predicted molar refractivity (Wildman–Crippen MR) is 152 cm³/mol. The summed E-state index contributed by atoms with van der Waals surface area (Å²) in [6.07, 6.45) is 0.691. The van der Waals surface area contributed by atoms with Crippen LogP contribution in [0.1, 0.15) is 34.6 Å². The molecule has 0 aliphatic carbocycles. The Morgan fingerprint density at radius 1 is 0.730 bits per heavy atom. The first-order valence-electron chi connectivity index (χ1n) is 12.4. The number of amides is 2. The maximum absolute atomic E-state index is 14.2. The lowest BCUT2D eigenvalue weighted by Gasteiger charge is -2.32. The zero-order chi connectivity index (χ0) is 26.0. The van der Waals surface area contributed by atoms with Gasteiger partial charge in [0, 0.05) is 36.8 Å². The van der Waals surface area contributed by atoms with Crippen LogP contribution >= 0.6 is 15.9 Å². The third-order valence-corrected chi connectivity index (χ3v) is 7.09. The van der Waals surface area contributed by atoms with Crippen molar-refractivity contribution in [3.05, 3.63) is 142 Å². The van der Waals surface area contributed by atoms with Gasteiger partial charge in [-0.1, -0.05) is 119 Å². The molecule has 4 aromatic rings. The van der Waals surface area contributed by atoms with Crippen LogP contribution in [0, 0.1) is 0 Å². The zero-order valence-electron chi connectivity index (χ0n) is 20.9. The minimum absolute atomic E-state index is 0.0647. The van der Waals surface area contributed by atoms with Crippen molar-refractivity contribution in [1.29, 1.82) is 0 Å². The maximum Gasteiger partial charge on any atom is 0.242 e. The van der Waals surface area contributed by atoms with E-state index in [0.29, 0.717) is 13.0 Å². The van der Waals surface area contributed by atoms with Crippen LogP contribution < -0.4 is 5.32 Å². The fraction of sp³-hybridized carbons (Fsp3) is 0.188. The van der Waals surface area contributed by atoms with Gasteiger partial charge >= 0.3 is 0 Å². The summed E-state index contributed by atoms with van der Waals surface area (Å²) in [4.78, 5) is 29.1. The number of hydrogen-bond donors (Lipinski definition) is 1. The standard InChI is InChI=1S/C32H31BrN2O2/c1-34-32(37)30(21-24-11-5-2-6-12-24)35(23-25-17-19-28(33)20-18-25)31(36)22-29(26-13-7-3-8-14-26)27-15-9-4-10-16-27/h2-20,29-30H,21-23H2,1H3,(H,34,37)/t30-/m1/s1. The normalized spacial score (nSPS) is 11.6. The van der Waals surface area contributed by atoms with Gasteiger partial charge in [0.25, 0.3) is 0 Å². The van der Waals surface area contributed by atoms with E-state index in [1.807, 2.05) is 91.0 Å². The van der Waals surface area contributed by atoms with E-state index < -0.39 is 6.04 Å². The van der Waals surface area contributed by atoms with Crippen molar-refractivity contribution in [2.75, 3.05) is 7.05 Å². The highest BCUT2D eigenvalue weighted by molar-refractivity contribution is 9.10. The fourth-order valence-electron chi connectivity index (χ4n) is 4.60. The summed E-state index contributed by atoms with van der Waals surface area (Å²) < 4.78 is 0.967. The molecular weight excluding hydrogens is 524 g/mol. The van der Waals surface area contributed by atoms with Crippen LogP contribution in [0.4, 0.5) is 0 Å². The second-order valence-electron chi connectivity index (χ2n) is 9.05. The lowest BCUT2D eigenvalue weighted by Crippen LogP contribution is -2.50. The van der Waals surface area contributed by atoms with Crippen LogP contribution in [-0.2, 0) is 22.6 Å². The molecule has 0 saturated carbocycles. The maximum atomic E-state index is 14.2. The first-order chi connectivity index (χ1) is 18.0. The molecule has 4 aromatic carbocycles. The van der Waals surface area contributed by atoms with Gasteiger partial charge < -0.3 is 10.2 Å². The van der Waals surface area contributed by atoms with Gasteiger partial charge in [-0.25, -0.2) is 0 Å². The van der Waals surface area contributed by atoms with E-state index in [1.165, 1.54) is 0 Å². The minimum Gasteiger partial charge on any atom is -0.357 e. The molecule has 5 heteroatoms. The Kier molecular flexibility index (Phi) is 9.28. The smallest absolute Gasteiger partial charge is 0.242 e. The molecule has 0 saturated heterocycles. The third-order valence-electron chi connectivity index (χ3n) is 6.57. The van der Waals surface area contributed by atoms with E-state index >= 15 is 0 Å². The van der Waals surface area contributed by atoms with Gasteiger partial charge in [0.2, 0.25) is 11.8 Å². The topological polar surface area (TPSA) is 49.4 Å². The summed E-state index contributed by atoms with van der Waals surface area (Å²) in [7, 11) is 1.62. The Hall–Kier alpha value is -3.70. The molecule has 0 aliphatic heterocycles. The fourth-order valence-corrected chi connectivity index (χ4v) is 4.86. The van der Waals surface area contributed by atoms with E-state index in [4.69, 9.17) is 0 Å². The summed E-state index contributed by atoms with van der Waals surface area (Å²) in [5, 5.41) is 2.79. The molecule has 0 bridgehead atoms. The Morgan fingerprint density at radius 2 is 1.24 bits per heavy atom. The number of nitrogens with zero attached hydrogens (tertiary/aromatic N) is 1.